The number of carbonyl (C=O) groups excluding carboxylic acids is 2. The third-order valence-electron chi connectivity index (χ3n) is 5.33. The monoisotopic (exact) mass is 446 g/mol. The number of nitrogens with zero attached hydrogens (tertiary/aromatic N) is 2. The zero-order valence-electron chi connectivity index (χ0n) is 18.4. The Hall–Kier alpha value is -3.75. The summed E-state index contributed by atoms with van der Waals surface area (Å²) in [5, 5.41) is 1.90. The van der Waals surface area contributed by atoms with E-state index in [0.29, 0.717) is 31.5 Å². The first kappa shape index (κ1) is 23.9. The summed E-state index contributed by atoms with van der Waals surface area (Å²) < 4.78 is 0. The molecule has 0 radical (unpaired) electrons. The van der Waals surface area contributed by atoms with Gasteiger partial charge < -0.3 is 22.9 Å². The van der Waals surface area contributed by atoms with E-state index in [1.54, 1.807) is 12.1 Å². The van der Waals surface area contributed by atoms with Crippen LogP contribution in [0.2, 0.25) is 0 Å². The SMILES string of the molecule is NC(N)=NCCC[C@H](N)C(=O)N(C(=O)[C@@H](N)Cc1ccccc1)c1ccc2ccccc2c1. The van der Waals surface area contributed by atoms with Gasteiger partial charge in [-0.15, -0.1) is 0 Å². The molecule has 0 bridgehead atoms. The topological polar surface area (TPSA) is 154 Å². The van der Waals surface area contributed by atoms with Crippen molar-refractivity contribution in [3.8, 4) is 0 Å². The number of amides is 2. The van der Waals surface area contributed by atoms with Crippen molar-refractivity contribution in [1.29, 1.82) is 0 Å². The zero-order valence-corrected chi connectivity index (χ0v) is 18.4. The van der Waals surface area contributed by atoms with Crippen LogP contribution in [-0.4, -0.2) is 36.4 Å². The number of imide groups is 1. The number of anilines is 1. The summed E-state index contributed by atoms with van der Waals surface area (Å²) in [6.07, 6.45) is 1.12. The molecule has 0 aliphatic carbocycles. The number of hydrogen-bond donors (Lipinski definition) is 4. The molecule has 0 heterocycles. The average Bonchev–Trinajstić information content (AvgIpc) is 2.82. The lowest BCUT2D eigenvalue weighted by atomic mass is 10.0. The van der Waals surface area contributed by atoms with Crippen molar-refractivity contribution in [2.45, 2.75) is 31.3 Å². The van der Waals surface area contributed by atoms with Gasteiger partial charge in [-0.3, -0.25) is 14.6 Å². The fourth-order valence-electron chi connectivity index (χ4n) is 3.61. The summed E-state index contributed by atoms with van der Waals surface area (Å²) in [4.78, 5) is 31.8. The van der Waals surface area contributed by atoms with Crippen LogP contribution < -0.4 is 27.8 Å². The minimum Gasteiger partial charge on any atom is -0.370 e. The van der Waals surface area contributed by atoms with Gasteiger partial charge in [-0.05, 0) is 47.7 Å². The molecule has 0 saturated heterocycles. The van der Waals surface area contributed by atoms with E-state index in [9.17, 15) is 9.59 Å². The van der Waals surface area contributed by atoms with Gasteiger partial charge in [-0.1, -0.05) is 60.7 Å². The predicted octanol–water partition coefficient (Wildman–Crippen LogP) is 1.65. The van der Waals surface area contributed by atoms with E-state index in [0.717, 1.165) is 21.2 Å². The van der Waals surface area contributed by atoms with Gasteiger partial charge in [0.15, 0.2) is 5.96 Å². The summed E-state index contributed by atoms with van der Waals surface area (Å²) in [5.41, 5.74) is 24.5. The van der Waals surface area contributed by atoms with Crippen LogP contribution in [0, 0.1) is 0 Å². The molecule has 0 spiro atoms. The number of benzene rings is 3. The van der Waals surface area contributed by atoms with Crippen molar-refractivity contribution >= 4 is 34.2 Å². The molecule has 0 aliphatic heterocycles. The number of fused-ring (bicyclic) bond motifs is 1. The van der Waals surface area contributed by atoms with Gasteiger partial charge >= 0.3 is 0 Å². The molecule has 33 heavy (non-hydrogen) atoms. The first-order valence-electron chi connectivity index (χ1n) is 10.8. The van der Waals surface area contributed by atoms with Crippen molar-refractivity contribution in [3.05, 3.63) is 78.4 Å². The van der Waals surface area contributed by atoms with Crippen LogP contribution in [0.3, 0.4) is 0 Å². The number of nitrogens with two attached hydrogens (primary N) is 4. The summed E-state index contributed by atoms with van der Waals surface area (Å²) in [6.45, 7) is 0.348. The minimum absolute atomic E-state index is 0.0187. The van der Waals surface area contributed by atoms with Gasteiger partial charge in [-0.25, -0.2) is 4.90 Å². The summed E-state index contributed by atoms with van der Waals surface area (Å²) >= 11 is 0. The first-order chi connectivity index (χ1) is 15.9. The van der Waals surface area contributed by atoms with Crippen molar-refractivity contribution in [1.82, 2.24) is 0 Å². The fourth-order valence-corrected chi connectivity index (χ4v) is 3.61. The summed E-state index contributed by atoms with van der Waals surface area (Å²) in [5.74, 6) is -1.03. The van der Waals surface area contributed by atoms with Crippen molar-refractivity contribution < 1.29 is 9.59 Å². The second kappa shape index (κ2) is 11.2. The highest BCUT2D eigenvalue weighted by Gasteiger charge is 2.31. The molecule has 0 fully saturated rings. The van der Waals surface area contributed by atoms with Crippen molar-refractivity contribution in [2.75, 3.05) is 11.4 Å². The van der Waals surface area contributed by atoms with Gasteiger partial charge in [0.2, 0.25) is 0 Å². The highest BCUT2D eigenvalue weighted by atomic mass is 16.2. The average molecular weight is 447 g/mol. The lowest BCUT2D eigenvalue weighted by Gasteiger charge is -2.27. The molecule has 2 atom stereocenters. The minimum atomic E-state index is -0.906. The molecule has 8 heteroatoms. The lowest BCUT2D eigenvalue weighted by Crippen LogP contribution is -2.53. The van der Waals surface area contributed by atoms with Crippen LogP contribution in [0.5, 0.6) is 0 Å². The molecular formula is C25H30N6O2. The summed E-state index contributed by atoms with van der Waals surface area (Å²) in [6, 6.07) is 20.7. The third-order valence-corrected chi connectivity index (χ3v) is 5.33. The number of aliphatic imine (C=N–C) groups is 1. The molecule has 172 valence electrons. The van der Waals surface area contributed by atoms with Crippen LogP contribution >= 0.6 is 0 Å². The molecule has 3 rings (SSSR count). The first-order valence-corrected chi connectivity index (χ1v) is 10.8. The van der Waals surface area contributed by atoms with E-state index in [1.807, 2.05) is 60.7 Å². The van der Waals surface area contributed by atoms with Crippen molar-refractivity contribution in [2.24, 2.45) is 27.9 Å². The molecule has 0 saturated carbocycles. The van der Waals surface area contributed by atoms with Crippen LogP contribution in [0.25, 0.3) is 10.8 Å². The maximum Gasteiger partial charge on any atom is 0.251 e. The van der Waals surface area contributed by atoms with Crippen molar-refractivity contribution in [3.63, 3.8) is 0 Å². The highest BCUT2D eigenvalue weighted by molar-refractivity contribution is 6.18. The third kappa shape index (κ3) is 6.38. The molecule has 3 aromatic rings. The molecule has 8 N–H and O–H groups in total. The Balaban J connectivity index is 1.86. The Bertz CT molecular complexity index is 1130. The Labute approximate surface area is 193 Å². The normalized spacial score (nSPS) is 12.7. The second-order valence-electron chi connectivity index (χ2n) is 7.89. The van der Waals surface area contributed by atoms with E-state index in [-0.39, 0.29) is 5.96 Å². The summed E-state index contributed by atoms with van der Waals surface area (Å²) in [7, 11) is 0. The molecule has 8 nitrogen and oxygen atoms in total. The molecule has 3 aromatic carbocycles. The second-order valence-corrected chi connectivity index (χ2v) is 7.89. The Morgan fingerprint density at radius 1 is 0.818 bits per heavy atom. The molecule has 2 amide bonds. The Kier molecular flexibility index (Phi) is 8.12. The number of rotatable bonds is 9. The molecule has 0 aromatic heterocycles. The fraction of sp³-hybridized carbons (Fsp3) is 0.240. The predicted molar refractivity (Wildman–Crippen MR) is 132 cm³/mol. The van der Waals surface area contributed by atoms with E-state index in [2.05, 4.69) is 4.99 Å². The smallest absolute Gasteiger partial charge is 0.251 e. The van der Waals surface area contributed by atoms with Gasteiger partial charge in [0.1, 0.15) is 0 Å². The van der Waals surface area contributed by atoms with E-state index in [4.69, 9.17) is 22.9 Å². The Morgan fingerprint density at radius 2 is 1.45 bits per heavy atom. The zero-order chi connectivity index (χ0) is 23.8. The van der Waals surface area contributed by atoms with E-state index >= 15 is 0 Å². The van der Waals surface area contributed by atoms with Crippen LogP contribution in [-0.2, 0) is 16.0 Å². The van der Waals surface area contributed by atoms with E-state index in [1.165, 1.54) is 0 Å². The van der Waals surface area contributed by atoms with Gasteiger partial charge in [0, 0.05) is 6.54 Å². The maximum absolute atomic E-state index is 13.4. The van der Waals surface area contributed by atoms with Gasteiger partial charge in [0.05, 0.1) is 17.8 Å². The van der Waals surface area contributed by atoms with Gasteiger partial charge in [0.25, 0.3) is 11.8 Å². The van der Waals surface area contributed by atoms with Crippen LogP contribution in [0.4, 0.5) is 5.69 Å². The van der Waals surface area contributed by atoms with Crippen LogP contribution in [0.15, 0.2) is 77.8 Å². The molecule has 0 aliphatic rings. The maximum atomic E-state index is 13.4. The van der Waals surface area contributed by atoms with Gasteiger partial charge in [-0.2, -0.15) is 0 Å². The quantitative estimate of drug-likeness (QED) is 0.223. The number of carbonyl (C=O) groups is 2. The lowest BCUT2D eigenvalue weighted by molar-refractivity contribution is -0.128. The molecule has 0 unspecified atom stereocenters. The largest absolute Gasteiger partial charge is 0.370 e. The standard InChI is InChI=1S/C25H30N6O2/c26-21(11-6-14-30-25(28)29)23(32)31(20-13-12-18-9-4-5-10-19(18)16-20)24(33)22(27)15-17-7-2-1-3-8-17/h1-5,7-10,12-13,16,21-22H,6,11,14-15,26-27H2,(H4,28,29,30)/t21-,22-/m0/s1. The number of guanidine groups is 1. The Morgan fingerprint density at radius 3 is 2.15 bits per heavy atom. The molecular weight excluding hydrogens is 416 g/mol. The number of hydrogen-bond acceptors (Lipinski definition) is 5. The van der Waals surface area contributed by atoms with E-state index < -0.39 is 23.9 Å². The van der Waals surface area contributed by atoms with Crippen LogP contribution in [0.1, 0.15) is 18.4 Å². The highest BCUT2D eigenvalue weighted by Crippen LogP contribution is 2.24.